The average Bonchev–Trinajstić information content (AvgIpc) is 2.74. The minimum atomic E-state index is -3.69. The summed E-state index contributed by atoms with van der Waals surface area (Å²) in [7, 11) is -3.69. The molecule has 3 rings (SSSR count). The SMILES string of the molecule is CCN(c1ccccc1)S(=O)(=O)c1ccc(C(=O)N2CCN(CC(C)C)CC2)cc1. The van der Waals surface area contributed by atoms with Crippen molar-refractivity contribution in [3.63, 3.8) is 0 Å². The molecular weight excluding hydrogens is 398 g/mol. The summed E-state index contributed by atoms with van der Waals surface area (Å²) < 4.78 is 27.6. The zero-order valence-corrected chi connectivity index (χ0v) is 18.8. The van der Waals surface area contributed by atoms with Gasteiger partial charge in [0.2, 0.25) is 0 Å². The smallest absolute Gasteiger partial charge is 0.264 e. The van der Waals surface area contributed by atoms with Crippen LogP contribution >= 0.6 is 0 Å². The summed E-state index contributed by atoms with van der Waals surface area (Å²) in [6.45, 7) is 10.7. The number of benzene rings is 2. The third-order valence-corrected chi connectivity index (χ3v) is 7.22. The summed E-state index contributed by atoms with van der Waals surface area (Å²) in [6, 6.07) is 15.3. The number of sulfonamides is 1. The molecule has 1 aliphatic heterocycles. The fourth-order valence-electron chi connectivity index (χ4n) is 3.81. The Morgan fingerprint density at radius 3 is 2.10 bits per heavy atom. The van der Waals surface area contributed by atoms with Crippen molar-refractivity contribution in [2.24, 2.45) is 5.92 Å². The molecule has 1 saturated heterocycles. The zero-order valence-electron chi connectivity index (χ0n) is 18.0. The Morgan fingerprint density at radius 1 is 0.967 bits per heavy atom. The van der Waals surface area contributed by atoms with Crippen molar-refractivity contribution in [2.45, 2.75) is 25.7 Å². The highest BCUT2D eigenvalue weighted by molar-refractivity contribution is 7.92. The molecule has 1 aliphatic rings. The van der Waals surface area contributed by atoms with Crippen molar-refractivity contribution in [3.8, 4) is 0 Å². The highest BCUT2D eigenvalue weighted by Crippen LogP contribution is 2.23. The van der Waals surface area contributed by atoms with Crippen LogP contribution in [0.3, 0.4) is 0 Å². The number of carbonyl (C=O) groups excluding carboxylic acids is 1. The fourth-order valence-corrected chi connectivity index (χ4v) is 5.29. The summed E-state index contributed by atoms with van der Waals surface area (Å²) in [4.78, 5) is 17.3. The molecule has 0 radical (unpaired) electrons. The van der Waals surface area contributed by atoms with Gasteiger partial charge in [-0.25, -0.2) is 8.42 Å². The number of para-hydroxylation sites is 1. The molecule has 2 aromatic rings. The van der Waals surface area contributed by atoms with Crippen LogP contribution in [0.25, 0.3) is 0 Å². The monoisotopic (exact) mass is 429 g/mol. The van der Waals surface area contributed by atoms with Gasteiger partial charge in [-0.1, -0.05) is 32.0 Å². The minimum absolute atomic E-state index is 0.0430. The van der Waals surface area contributed by atoms with Gasteiger partial charge in [0.1, 0.15) is 0 Å². The van der Waals surface area contributed by atoms with Gasteiger partial charge in [0.25, 0.3) is 15.9 Å². The summed E-state index contributed by atoms with van der Waals surface area (Å²) >= 11 is 0. The topological polar surface area (TPSA) is 60.9 Å². The molecule has 0 unspecified atom stereocenters. The lowest BCUT2D eigenvalue weighted by molar-refractivity contribution is 0.0623. The minimum Gasteiger partial charge on any atom is -0.336 e. The first-order chi connectivity index (χ1) is 14.3. The van der Waals surface area contributed by atoms with Crippen LogP contribution < -0.4 is 4.31 Å². The van der Waals surface area contributed by atoms with Gasteiger partial charge in [-0.2, -0.15) is 0 Å². The Kier molecular flexibility index (Phi) is 7.15. The van der Waals surface area contributed by atoms with Crippen LogP contribution in [0, 0.1) is 5.92 Å². The lowest BCUT2D eigenvalue weighted by Gasteiger charge is -2.35. The molecule has 1 heterocycles. The van der Waals surface area contributed by atoms with Gasteiger partial charge in [0.05, 0.1) is 10.6 Å². The van der Waals surface area contributed by atoms with Crippen LogP contribution in [0.15, 0.2) is 59.5 Å². The molecule has 0 bridgehead atoms. The Morgan fingerprint density at radius 2 is 1.57 bits per heavy atom. The van der Waals surface area contributed by atoms with E-state index in [0.29, 0.717) is 36.8 Å². The molecular formula is C23H31N3O3S. The number of rotatable bonds is 7. The van der Waals surface area contributed by atoms with Crippen LogP contribution in [-0.4, -0.2) is 63.4 Å². The number of piperazine rings is 1. The van der Waals surface area contributed by atoms with E-state index in [1.54, 1.807) is 31.2 Å². The quantitative estimate of drug-likeness (QED) is 0.677. The summed E-state index contributed by atoms with van der Waals surface area (Å²) in [6.07, 6.45) is 0. The van der Waals surface area contributed by atoms with Crippen LogP contribution in [0.4, 0.5) is 5.69 Å². The number of hydrogen-bond acceptors (Lipinski definition) is 4. The third kappa shape index (κ3) is 5.02. The van der Waals surface area contributed by atoms with Crippen LogP contribution in [0.1, 0.15) is 31.1 Å². The van der Waals surface area contributed by atoms with E-state index in [2.05, 4.69) is 18.7 Å². The number of amides is 1. The highest BCUT2D eigenvalue weighted by Gasteiger charge is 2.25. The predicted octanol–water partition coefficient (Wildman–Crippen LogP) is 3.32. The van der Waals surface area contributed by atoms with E-state index in [1.807, 2.05) is 23.1 Å². The van der Waals surface area contributed by atoms with Crippen molar-refractivity contribution in [2.75, 3.05) is 43.6 Å². The van der Waals surface area contributed by atoms with E-state index in [4.69, 9.17) is 0 Å². The number of hydrogen-bond donors (Lipinski definition) is 0. The molecule has 6 nitrogen and oxygen atoms in total. The highest BCUT2D eigenvalue weighted by atomic mass is 32.2. The number of anilines is 1. The van der Waals surface area contributed by atoms with Gasteiger partial charge < -0.3 is 4.90 Å². The normalized spacial score (nSPS) is 15.4. The number of nitrogens with zero attached hydrogens (tertiary/aromatic N) is 3. The van der Waals surface area contributed by atoms with E-state index in [1.165, 1.54) is 16.4 Å². The first-order valence-electron chi connectivity index (χ1n) is 10.5. The van der Waals surface area contributed by atoms with E-state index in [0.717, 1.165) is 19.6 Å². The Bertz CT molecular complexity index is 935. The molecule has 0 N–H and O–H groups in total. The van der Waals surface area contributed by atoms with Crippen molar-refractivity contribution in [1.82, 2.24) is 9.80 Å². The molecule has 0 atom stereocenters. The van der Waals surface area contributed by atoms with Crippen LogP contribution in [-0.2, 0) is 10.0 Å². The van der Waals surface area contributed by atoms with E-state index in [-0.39, 0.29) is 10.8 Å². The van der Waals surface area contributed by atoms with Gasteiger partial charge in [0.15, 0.2) is 0 Å². The number of carbonyl (C=O) groups is 1. The Labute approximate surface area is 180 Å². The second-order valence-corrected chi connectivity index (χ2v) is 9.88. The lowest BCUT2D eigenvalue weighted by atomic mass is 10.1. The molecule has 7 heteroatoms. The van der Waals surface area contributed by atoms with Gasteiger partial charge in [-0.05, 0) is 49.2 Å². The maximum atomic E-state index is 13.1. The fraction of sp³-hybridized carbons (Fsp3) is 0.435. The summed E-state index contributed by atoms with van der Waals surface area (Å²) in [5, 5.41) is 0. The first-order valence-corrected chi connectivity index (χ1v) is 12.0. The summed E-state index contributed by atoms with van der Waals surface area (Å²) in [5.74, 6) is 0.568. The third-order valence-electron chi connectivity index (χ3n) is 5.30. The predicted molar refractivity (Wildman–Crippen MR) is 120 cm³/mol. The lowest BCUT2D eigenvalue weighted by Crippen LogP contribution is -2.49. The first kappa shape index (κ1) is 22.3. The largest absolute Gasteiger partial charge is 0.336 e. The molecule has 0 aromatic heterocycles. The van der Waals surface area contributed by atoms with Crippen molar-refractivity contribution in [3.05, 3.63) is 60.2 Å². The van der Waals surface area contributed by atoms with Gasteiger partial charge >= 0.3 is 0 Å². The molecule has 162 valence electrons. The van der Waals surface area contributed by atoms with Crippen molar-refractivity contribution < 1.29 is 13.2 Å². The van der Waals surface area contributed by atoms with Crippen molar-refractivity contribution >= 4 is 21.6 Å². The van der Waals surface area contributed by atoms with Gasteiger partial charge in [-0.3, -0.25) is 14.0 Å². The average molecular weight is 430 g/mol. The second kappa shape index (κ2) is 9.62. The zero-order chi connectivity index (χ0) is 21.7. The standard InChI is InChI=1S/C23H31N3O3S/c1-4-26(21-8-6-5-7-9-21)30(28,29)22-12-10-20(11-13-22)23(27)25-16-14-24(15-17-25)18-19(2)3/h5-13,19H,4,14-18H2,1-3H3. The van der Waals surface area contributed by atoms with Crippen LogP contribution in [0.5, 0.6) is 0 Å². The van der Waals surface area contributed by atoms with Gasteiger partial charge in [-0.15, -0.1) is 0 Å². The maximum Gasteiger partial charge on any atom is 0.264 e. The van der Waals surface area contributed by atoms with Crippen LogP contribution in [0.2, 0.25) is 0 Å². The van der Waals surface area contributed by atoms with E-state index < -0.39 is 10.0 Å². The van der Waals surface area contributed by atoms with Crippen molar-refractivity contribution in [1.29, 1.82) is 0 Å². The molecule has 0 saturated carbocycles. The van der Waals surface area contributed by atoms with Gasteiger partial charge in [0, 0.05) is 44.8 Å². The maximum absolute atomic E-state index is 13.1. The van der Waals surface area contributed by atoms with E-state index >= 15 is 0 Å². The molecule has 30 heavy (non-hydrogen) atoms. The summed E-state index contributed by atoms with van der Waals surface area (Å²) in [5.41, 5.74) is 1.15. The molecule has 0 aliphatic carbocycles. The second-order valence-electron chi connectivity index (χ2n) is 8.02. The molecule has 1 fully saturated rings. The molecule has 1 amide bonds. The Balaban J connectivity index is 1.71. The Hall–Kier alpha value is -2.38. The van der Waals surface area contributed by atoms with E-state index in [9.17, 15) is 13.2 Å². The molecule has 2 aromatic carbocycles. The molecule has 0 spiro atoms.